The SMILES string of the molecule is O=C(Nc1ccc2c(c1)OCCO2)c1cccc(N2NC(=O)C3CC=CCC3C2=O)c1. The standard InChI is InChI=1S/C23H21N3O5/c27-21(24-15-8-9-19-20(13-15)31-11-10-30-19)14-4-3-5-16(12-14)26-23(29)18-7-2-1-6-17(18)22(28)25-26/h1-5,8-9,12-13,17-18H,6-7,10-11H2,(H,24,27)(H,25,28). The van der Waals surface area contributed by atoms with Crippen molar-refractivity contribution >= 4 is 29.1 Å². The van der Waals surface area contributed by atoms with Gasteiger partial charge in [-0.15, -0.1) is 0 Å². The van der Waals surface area contributed by atoms with E-state index in [1.807, 2.05) is 12.2 Å². The Kier molecular flexibility index (Phi) is 4.82. The number of anilines is 2. The third-order valence-corrected chi connectivity index (χ3v) is 5.70. The van der Waals surface area contributed by atoms with Crippen molar-refractivity contribution in [3.63, 3.8) is 0 Å². The number of hydrazine groups is 1. The highest BCUT2D eigenvalue weighted by Crippen LogP contribution is 2.34. The van der Waals surface area contributed by atoms with Crippen LogP contribution in [0.1, 0.15) is 23.2 Å². The Morgan fingerprint density at radius 2 is 1.74 bits per heavy atom. The molecule has 8 heteroatoms. The van der Waals surface area contributed by atoms with Crippen LogP contribution in [0.4, 0.5) is 11.4 Å². The minimum Gasteiger partial charge on any atom is -0.486 e. The van der Waals surface area contributed by atoms with E-state index in [-0.39, 0.29) is 29.6 Å². The van der Waals surface area contributed by atoms with E-state index in [1.54, 1.807) is 42.5 Å². The summed E-state index contributed by atoms with van der Waals surface area (Å²) >= 11 is 0. The van der Waals surface area contributed by atoms with Gasteiger partial charge in [-0.3, -0.25) is 19.8 Å². The number of ether oxygens (including phenoxy) is 2. The Labute approximate surface area is 178 Å². The number of fused-ring (bicyclic) bond motifs is 2. The molecule has 1 saturated heterocycles. The highest BCUT2D eigenvalue weighted by molar-refractivity contribution is 6.07. The molecule has 31 heavy (non-hydrogen) atoms. The van der Waals surface area contributed by atoms with Crippen molar-refractivity contribution in [2.75, 3.05) is 23.5 Å². The molecule has 0 bridgehead atoms. The fourth-order valence-corrected chi connectivity index (χ4v) is 4.09. The molecular formula is C23H21N3O5. The molecule has 2 aromatic carbocycles. The van der Waals surface area contributed by atoms with Gasteiger partial charge in [0.1, 0.15) is 13.2 Å². The van der Waals surface area contributed by atoms with Crippen LogP contribution in [0, 0.1) is 11.8 Å². The largest absolute Gasteiger partial charge is 0.486 e. The summed E-state index contributed by atoms with van der Waals surface area (Å²) in [5.41, 5.74) is 4.06. The Bertz CT molecular complexity index is 1100. The average Bonchev–Trinajstić information content (AvgIpc) is 2.81. The molecule has 0 saturated carbocycles. The van der Waals surface area contributed by atoms with E-state index in [2.05, 4.69) is 10.7 Å². The lowest BCUT2D eigenvalue weighted by Crippen LogP contribution is -2.59. The van der Waals surface area contributed by atoms with E-state index in [4.69, 9.17) is 9.47 Å². The fraction of sp³-hybridized carbons (Fsp3) is 0.261. The third-order valence-electron chi connectivity index (χ3n) is 5.70. The van der Waals surface area contributed by atoms with Crippen LogP contribution in [0.25, 0.3) is 0 Å². The molecule has 0 spiro atoms. The smallest absolute Gasteiger partial charge is 0.255 e. The fourth-order valence-electron chi connectivity index (χ4n) is 4.09. The lowest BCUT2D eigenvalue weighted by molar-refractivity contribution is -0.139. The lowest BCUT2D eigenvalue weighted by Gasteiger charge is -2.38. The van der Waals surface area contributed by atoms with Crippen LogP contribution < -0.4 is 25.2 Å². The summed E-state index contributed by atoms with van der Waals surface area (Å²) < 4.78 is 11.0. The van der Waals surface area contributed by atoms with E-state index >= 15 is 0 Å². The second-order valence-electron chi connectivity index (χ2n) is 7.67. The topological polar surface area (TPSA) is 97.0 Å². The number of hydrogen-bond donors (Lipinski definition) is 2. The molecule has 2 unspecified atom stereocenters. The van der Waals surface area contributed by atoms with Gasteiger partial charge in [0.25, 0.3) is 5.91 Å². The number of carbonyl (C=O) groups is 3. The lowest BCUT2D eigenvalue weighted by atomic mass is 9.80. The molecule has 0 radical (unpaired) electrons. The average molecular weight is 419 g/mol. The van der Waals surface area contributed by atoms with Crippen LogP contribution in [-0.4, -0.2) is 30.9 Å². The number of nitrogens with one attached hydrogen (secondary N) is 2. The maximum absolute atomic E-state index is 13.0. The summed E-state index contributed by atoms with van der Waals surface area (Å²) in [6.45, 7) is 0.953. The first-order valence-electron chi connectivity index (χ1n) is 10.2. The molecule has 158 valence electrons. The Morgan fingerprint density at radius 1 is 0.968 bits per heavy atom. The highest BCUT2D eigenvalue weighted by Gasteiger charge is 2.42. The van der Waals surface area contributed by atoms with Crippen molar-refractivity contribution in [2.45, 2.75) is 12.8 Å². The molecule has 0 aromatic heterocycles. The van der Waals surface area contributed by atoms with Crippen molar-refractivity contribution < 1.29 is 23.9 Å². The summed E-state index contributed by atoms with van der Waals surface area (Å²) in [7, 11) is 0. The summed E-state index contributed by atoms with van der Waals surface area (Å²) in [6.07, 6.45) is 4.98. The van der Waals surface area contributed by atoms with Gasteiger partial charge in [-0.2, -0.15) is 0 Å². The van der Waals surface area contributed by atoms with E-state index in [0.717, 1.165) is 0 Å². The first-order chi connectivity index (χ1) is 15.1. The molecular weight excluding hydrogens is 398 g/mol. The van der Waals surface area contributed by atoms with Crippen LogP contribution in [0.3, 0.4) is 0 Å². The predicted molar refractivity (Wildman–Crippen MR) is 113 cm³/mol. The molecule has 1 fully saturated rings. The second kappa shape index (κ2) is 7.79. The minimum atomic E-state index is -0.381. The number of rotatable bonds is 3. The van der Waals surface area contributed by atoms with Gasteiger partial charge in [-0.05, 0) is 43.2 Å². The van der Waals surface area contributed by atoms with Crippen LogP contribution >= 0.6 is 0 Å². The first kappa shape index (κ1) is 19.2. The van der Waals surface area contributed by atoms with Crippen LogP contribution in [0.5, 0.6) is 11.5 Å². The van der Waals surface area contributed by atoms with Crippen molar-refractivity contribution in [3.05, 3.63) is 60.2 Å². The van der Waals surface area contributed by atoms with E-state index in [0.29, 0.717) is 54.5 Å². The molecule has 2 aromatic rings. The van der Waals surface area contributed by atoms with Gasteiger partial charge in [0.15, 0.2) is 11.5 Å². The molecule has 2 N–H and O–H groups in total. The predicted octanol–water partition coefficient (Wildman–Crippen LogP) is 2.67. The van der Waals surface area contributed by atoms with Gasteiger partial charge in [-0.1, -0.05) is 18.2 Å². The normalized spacial score (nSPS) is 21.9. The molecule has 8 nitrogen and oxygen atoms in total. The number of nitrogens with zero attached hydrogens (tertiary/aromatic N) is 1. The van der Waals surface area contributed by atoms with Gasteiger partial charge >= 0.3 is 0 Å². The Hall–Kier alpha value is -3.81. The van der Waals surface area contributed by atoms with Crippen molar-refractivity contribution in [1.29, 1.82) is 0 Å². The summed E-state index contributed by atoms with van der Waals surface area (Å²) in [4.78, 5) is 38.3. The Morgan fingerprint density at radius 3 is 2.58 bits per heavy atom. The van der Waals surface area contributed by atoms with E-state index in [9.17, 15) is 14.4 Å². The number of hydrogen-bond acceptors (Lipinski definition) is 5. The number of allylic oxidation sites excluding steroid dienone is 2. The summed E-state index contributed by atoms with van der Waals surface area (Å²) in [6, 6.07) is 11.8. The van der Waals surface area contributed by atoms with Gasteiger partial charge in [0.2, 0.25) is 11.8 Å². The molecule has 3 aliphatic rings. The van der Waals surface area contributed by atoms with Crippen LogP contribution in [0.15, 0.2) is 54.6 Å². The van der Waals surface area contributed by atoms with Gasteiger partial charge in [0, 0.05) is 17.3 Å². The Balaban J connectivity index is 1.35. The zero-order valence-electron chi connectivity index (χ0n) is 16.7. The zero-order chi connectivity index (χ0) is 21.4. The first-order valence-corrected chi connectivity index (χ1v) is 10.2. The molecule has 5 rings (SSSR count). The summed E-state index contributed by atoms with van der Waals surface area (Å²) in [5, 5.41) is 4.08. The quantitative estimate of drug-likeness (QED) is 0.746. The van der Waals surface area contributed by atoms with Gasteiger partial charge in [0.05, 0.1) is 17.5 Å². The van der Waals surface area contributed by atoms with Gasteiger partial charge in [-0.25, -0.2) is 5.01 Å². The van der Waals surface area contributed by atoms with E-state index < -0.39 is 0 Å². The molecule has 2 atom stereocenters. The minimum absolute atomic E-state index is 0.168. The zero-order valence-corrected chi connectivity index (χ0v) is 16.7. The molecule has 1 aliphatic carbocycles. The molecule has 3 amide bonds. The monoisotopic (exact) mass is 419 g/mol. The molecule has 2 heterocycles. The maximum atomic E-state index is 13.0. The number of amides is 3. The summed E-state index contributed by atoms with van der Waals surface area (Å²) in [5.74, 6) is -0.187. The number of benzene rings is 2. The van der Waals surface area contributed by atoms with Crippen LogP contribution in [-0.2, 0) is 9.59 Å². The maximum Gasteiger partial charge on any atom is 0.255 e. The van der Waals surface area contributed by atoms with Crippen molar-refractivity contribution in [1.82, 2.24) is 5.43 Å². The molecule has 2 aliphatic heterocycles. The number of carbonyl (C=O) groups excluding carboxylic acids is 3. The van der Waals surface area contributed by atoms with Crippen LogP contribution in [0.2, 0.25) is 0 Å². The van der Waals surface area contributed by atoms with Gasteiger partial charge < -0.3 is 14.8 Å². The van der Waals surface area contributed by atoms with Crippen molar-refractivity contribution in [3.8, 4) is 11.5 Å². The second-order valence-corrected chi connectivity index (χ2v) is 7.67. The van der Waals surface area contributed by atoms with Crippen molar-refractivity contribution in [2.24, 2.45) is 11.8 Å². The highest BCUT2D eigenvalue weighted by atomic mass is 16.6. The van der Waals surface area contributed by atoms with E-state index in [1.165, 1.54) is 5.01 Å². The third kappa shape index (κ3) is 3.61.